The molecule has 0 heterocycles. The molecular formula is C18H31N4O2Rb. The maximum absolute atomic E-state index is 11.8. The number of carbonyl (C=O) groups is 2. The largest absolute Gasteiger partial charge is 1.00 e. The van der Waals surface area contributed by atoms with Crippen LogP contribution in [-0.4, -0.2) is 18.0 Å². The Hall–Kier alpha value is -0.825. The second-order valence-electron chi connectivity index (χ2n) is 3.68. The fourth-order valence-corrected chi connectivity index (χ4v) is 1.28. The zero-order valence-electron chi connectivity index (χ0n) is 16.3. The van der Waals surface area contributed by atoms with Gasteiger partial charge in [0.15, 0.2) is 5.91 Å². The van der Waals surface area contributed by atoms with E-state index in [2.05, 4.69) is 11.9 Å². The van der Waals surface area contributed by atoms with E-state index in [1.807, 2.05) is 27.7 Å². The normalized spacial score (nSPS) is 10.7. The average Bonchev–Trinajstić information content (AvgIpc) is 2.58. The Morgan fingerprint density at radius 1 is 1.20 bits per heavy atom. The molecule has 0 saturated heterocycles. The van der Waals surface area contributed by atoms with Crippen molar-refractivity contribution in [3.05, 3.63) is 54.3 Å². The Morgan fingerprint density at radius 2 is 1.72 bits per heavy atom. The molecule has 6 N–H and O–H groups in total. The van der Waals surface area contributed by atoms with Gasteiger partial charge in [0.2, 0.25) is 5.91 Å². The number of allylic oxidation sites excluding steroid dienone is 4. The van der Waals surface area contributed by atoms with E-state index >= 15 is 0 Å². The van der Waals surface area contributed by atoms with Crippen molar-refractivity contribution >= 4 is 18.0 Å². The summed E-state index contributed by atoms with van der Waals surface area (Å²) in [5, 5.41) is 9.65. The number of rotatable bonds is 8. The topological polar surface area (TPSA) is 122 Å². The van der Waals surface area contributed by atoms with Gasteiger partial charge in [0.05, 0.1) is 11.3 Å². The molecular weight excluding hydrogens is 390 g/mol. The molecule has 0 aromatic rings. The van der Waals surface area contributed by atoms with Crippen molar-refractivity contribution in [2.24, 2.45) is 11.5 Å². The van der Waals surface area contributed by atoms with Gasteiger partial charge in [0.25, 0.3) is 0 Å². The minimum Gasteiger partial charge on any atom is -0.501 e. The third-order valence-corrected chi connectivity index (χ3v) is 2.17. The van der Waals surface area contributed by atoms with Crippen LogP contribution >= 0.6 is 0 Å². The van der Waals surface area contributed by atoms with Crippen molar-refractivity contribution in [2.45, 2.75) is 41.0 Å². The second-order valence-corrected chi connectivity index (χ2v) is 3.68. The maximum atomic E-state index is 11.8. The summed E-state index contributed by atoms with van der Waals surface area (Å²) >= 11 is 0. The van der Waals surface area contributed by atoms with Crippen LogP contribution in [0, 0.1) is 12.0 Å². The van der Waals surface area contributed by atoms with Gasteiger partial charge in [-0.1, -0.05) is 65.0 Å². The van der Waals surface area contributed by atoms with Gasteiger partial charge in [-0.05, 0) is 12.5 Å². The minimum atomic E-state index is -0.585. The van der Waals surface area contributed by atoms with Crippen molar-refractivity contribution in [3.8, 4) is 0 Å². The average molecular weight is 421 g/mol. The molecule has 0 fully saturated rings. The predicted molar refractivity (Wildman–Crippen MR) is 102 cm³/mol. The molecule has 0 aliphatic rings. The molecule has 7 heteroatoms. The number of primary amides is 1. The summed E-state index contributed by atoms with van der Waals surface area (Å²) in [5.41, 5.74) is 11.5. The maximum Gasteiger partial charge on any atom is 1.00 e. The molecule has 0 aromatic heterocycles. The van der Waals surface area contributed by atoms with E-state index < -0.39 is 11.8 Å². The van der Waals surface area contributed by atoms with Crippen LogP contribution in [0.2, 0.25) is 0 Å². The zero-order chi connectivity index (χ0) is 19.5. The van der Waals surface area contributed by atoms with Gasteiger partial charge in [0, 0.05) is 6.21 Å². The van der Waals surface area contributed by atoms with E-state index in [-0.39, 0.29) is 75.9 Å². The first-order chi connectivity index (χ1) is 11.5. The summed E-state index contributed by atoms with van der Waals surface area (Å²) < 4.78 is 0. The summed E-state index contributed by atoms with van der Waals surface area (Å²) in [6, 6.07) is 0. The molecule has 2 amide bonds. The first-order valence-electron chi connectivity index (χ1n) is 7.84. The van der Waals surface area contributed by atoms with E-state index in [1.165, 1.54) is 12.6 Å². The van der Waals surface area contributed by atoms with Gasteiger partial charge in [-0.15, -0.1) is 0 Å². The van der Waals surface area contributed by atoms with Crippen molar-refractivity contribution in [2.75, 3.05) is 0 Å². The third-order valence-electron chi connectivity index (χ3n) is 2.17. The van der Waals surface area contributed by atoms with Gasteiger partial charge in [-0.25, -0.2) is 6.54 Å². The van der Waals surface area contributed by atoms with Gasteiger partial charge in [0.1, 0.15) is 0 Å². The fraction of sp³-hybridized carbons (Fsp3) is 0.333. The van der Waals surface area contributed by atoms with Gasteiger partial charge in [-0.2, -0.15) is 0 Å². The molecule has 6 nitrogen and oxygen atoms in total. The van der Waals surface area contributed by atoms with Gasteiger partial charge < -0.3 is 22.2 Å². The molecule has 0 spiro atoms. The number of nitrogens with one attached hydrogen (secondary N) is 2. The Balaban J connectivity index is -0.000000408. The summed E-state index contributed by atoms with van der Waals surface area (Å²) in [6.07, 6.45) is 7.35. The first-order valence-corrected chi connectivity index (χ1v) is 7.84. The molecule has 0 aliphatic heterocycles. The number of carbonyl (C=O) groups excluding carboxylic acids is 2. The summed E-state index contributed by atoms with van der Waals surface area (Å²) in [6.45, 7) is 14.6. The molecule has 136 valence electrons. The van der Waals surface area contributed by atoms with E-state index in [0.717, 1.165) is 6.21 Å². The van der Waals surface area contributed by atoms with Crippen LogP contribution < -0.4 is 75.0 Å². The molecule has 0 unspecified atom stereocenters. The number of hydrogen-bond acceptors (Lipinski definition) is 4. The van der Waals surface area contributed by atoms with E-state index in [4.69, 9.17) is 16.9 Å². The van der Waals surface area contributed by atoms with Gasteiger partial charge >= 0.3 is 58.2 Å². The molecule has 0 rings (SSSR count). The predicted octanol–water partition coefficient (Wildman–Crippen LogP) is -0.253. The monoisotopic (exact) mass is 420 g/mol. The smallest absolute Gasteiger partial charge is 0.501 e. The Labute approximate surface area is 201 Å². The molecule has 0 bridgehead atoms. The van der Waals surface area contributed by atoms with Crippen molar-refractivity contribution in [3.63, 3.8) is 0 Å². The number of nitrogens with two attached hydrogens (primary N) is 2. The van der Waals surface area contributed by atoms with Crippen LogP contribution in [0.15, 0.2) is 47.7 Å². The van der Waals surface area contributed by atoms with Crippen LogP contribution in [0.25, 0.3) is 0 Å². The molecule has 25 heavy (non-hydrogen) atoms. The molecule has 0 saturated carbocycles. The SMILES string of the molecule is C=C/C=C(\C=C/C)C(/N)=C(/C=N)C(=O)N[CH-]CC(N)=O.CC.CC.[Rb+]. The fourth-order valence-electron chi connectivity index (χ4n) is 1.28. The van der Waals surface area contributed by atoms with Crippen molar-refractivity contribution in [1.82, 2.24) is 5.32 Å². The first kappa shape index (κ1) is 31.9. The van der Waals surface area contributed by atoms with Crippen LogP contribution in [0.4, 0.5) is 0 Å². The van der Waals surface area contributed by atoms with E-state index in [1.54, 1.807) is 25.2 Å². The number of hydrogen-bond donors (Lipinski definition) is 4. The molecule has 0 atom stereocenters. The van der Waals surface area contributed by atoms with Crippen molar-refractivity contribution < 1.29 is 67.8 Å². The second kappa shape index (κ2) is 23.2. The van der Waals surface area contributed by atoms with Crippen LogP contribution in [0.1, 0.15) is 41.0 Å². The van der Waals surface area contributed by atoms with Crippen LogP contribution in [0.5, 0.6) is 0 Å². The van der Waals surface area contributed by atoms with E-state index in [0.29, 0.717) is 5.57 Å². The Bertz CT molecular complexity index is 495. The quantitative estimate of drug-likeness (QED) is 0.187. The Morgan fingerprint density at radius 3 is 2.08 bits per heavy atom. The minimum absolute atomic E-state index is 0. The Kier molecular flexibility index (Phi) is 29.6. The third kappa shape index (κ3) is 16.4. The number of amides is 2. The summed E-state index contributed by atoms with van der Waals surface area (Å²) in [5.74, 6) is -1.15. The molecule has 0 radical (unpaired) electrons. The van der Waals surface area contributed by atoms with Crippen LogP contribution in [0.3, 0.4) is 0 Å². The van der Waals surface area contributed by atoms with E-state index in [9.17, 15) is 9.59 Å². The molecule has 0 aromatic carbocycles. The summed E-state index contributed by atoms with van der Waals surface area (Å²) in [4.78, 5) is 22.4. The van der Waals surface area contributed by atoms with Crippen molar-refractivity contribution in [1.29, 1.82) is 5.41 Å². The summed E-state index contributed by atoms with van der Waals surface area (Å²) in [7, 11) is 0. The standard InChI is InChI=1S/C14H19N4O2.2C2H6.Rb/c1-3-5-10(6-4-2)13(17)11(9-15)14(20)18-8-7-12(16)19;2*1-2;/h3-6,8-9,15H,1,7,17H2,2H3,(H2,16,19)(H,18,20);2*1-2H3;/q-1;;;+1/b6-4-,10-5+,13-11+,15-9?;;;. The zero-order valence-corrected chi connectivity index (χ0v) is 21.3. The molecule has 0 aliphatic carbocycles. The van der Waals surface area contributed by atoms with Gasteiger partial charge in [-0.3, -0.25) is 9.59 Å². The van der Waals surface area contributed by atoms with Crippen LogP contribution in [-0.2, 0) is 9.59 Å².